The second-order valence-electron chi connectivity index (χ2n) is 1.96. The van der Waals surface area contributed by atoms with Crippen LogP contribution >= 0.6 is 0 Å². The van der Waals surface area contributed by atoms with Crippen molar-refractivity contribution in [3.63, 3.8) is 0 Å². The number of hydrogen-bond donors (Lipinski definition) is 1. The lowest BCUT2D eigenvalue weighted by molar-refractivity contribution is 0.0991. The van der Waals surface area contributed by atoms with Crippen LogP contribution in [0, 0.1) is 0 Å². The Balaban J connectivity index is 3.16. The molecule has 1 aromatic rings. The Morgan fingerprint density at radius 1 is 1.83 bits per heavy atom. The van der Waals surface area contributed by atoms with Crippen molar-refractivity contribution < 1.29 is 13.9 Å². The fourth-order valence-corrected chi connectivity index (χ4v) is 0.703. The molecule has 1 amide bonds. The van der Waals surface area contributed by atoms with Crippen molar-refractivity contribution >= 4 is 12.0 Å². The van der Waals surface area contributed by atoms with Crippen molar-refractivity contribution in [2.24, 2.45) is 5.73 Å². The normalized spacial score (nSPS) is 9.42. The summed E-state index contributed by atoms with van der Waals surface area (Å²) in [6, 6.07) is 0. The van der Waals surface area contributed by atoms with Gasteiger partial charge in [0.2, 0.25) is 11.6 Å². The number of aromatic nitrogens is 1. The highest BCUT2D eigenvalue weighted by Crippen LogP contribution is 2.19. The fraction of sp³-hybridized carbons (Fsp3) is 0.143. The number of carbonyl (C=O) groups is 1. The van der Waals surface area contributed by atoms with Crippen molar-refractivity contribution in [2.45, 2.75) is 0 Å². The van der Waals surface area contributed by atoms with E-state index >= 15 is 0 Å². The van der Waals surface area contributed by atoms with Crippen LogP contribution in [0.15, 0.2) is 11.0 Å². The highest BCUT2D eigenvalue weighted by molar-refractivity contribution is 5.93. The van der Waals surface area contributed by atoms with Gasteiger partial charge in [0.15, 0.2) is 0 Å². The van der Waals surface area contributed by atoms with Crippen LogP contribution < -0.4 is 10.5 Å². The molecule has 0 aliphatic heterocycles. The SMILES string of the molecule is C=Cc1nc(C(N)=O)c(OC)o1. The molecule has 0 aromatic carbocycles. The van der Waals surface area contributed by atoms with Crippen molar-refractivity contribution in [3.05, 3.63) is 18.2 Å². The standard InChI is InChI=1S/C7H8N2O3/c1-3-4-9-5(6(8)10)7(11-2)12-4/h3H,1H2,2H3,(H2,8,10). The summed E-state index contributed by atoms with van der Waals surface area (Å²) < 4.78 is 9.63. The number of carbonyl (C=O) groups excluding carboxylic acids is 1. The molecule has 5 nitrogen and oxygen atoms in total. The first-order valence-corrected chi connectivity index (χ1v) is 3.16. The van der Waals surface area contributed by atoms with E-state index in [9.17, 15) is 4.79 Å². The van der Waals surface area contributed by atoms with Gasteiger partial charge in [-0.15, -0.1) is 0 Å². The van der Waals surface area contributed by atoms with E-state index in [0.717, 1.165) is 0 Å². The maximum Gasteiger partial charge on any atom is 0.318 e. The first kappa shape index (κ1) is 8.32. The molecule has 0 saturated heterocycles. The zero-order valence-electron chi connectivity index (χ0n) is 6.53. The van der Waals surface area contributed by atoms with Gasteiger partial charge in [-0.25, -0.2) is 4.98 Å². The Hall–Kier alpha value is -1.78. The Morgan fingerprint density at radius 2 is 2.50 bits per heavy atom. The molecule has 0 fully saturated rings. The molecule has 0 aliphatic carbocycles. The van der Waals surface area contributed by atoms with E-state index in [1.54, 1.807) is 0 Å². The first-order valence-electron chi connectivity index (χ1n) is 3.16. The molecule has 0 saturated carbocycles. The van der Waals surface area contributed by atoms with E-state index in [2.05, 4.69) is 11.6 Å². The molecule has 2 N–H and O–H groups in total. The van der Waals surface area contributed by atoms with Gasteiger partial charge in [0.05, 0.1) is 7.11 Å². The van der Waals surface area contributed by atoms with E-state index in [1.807, 2.05) is 0 Å². The minimum Gasteiger partial charge on any atom is -0.467 e. The Morgan fingerprint density at radius 3 is 2.83 bits per heavy atom. The number of hydrogen-bond acceptors (Lipinski definition) is 4. The molecular weight excluding hydrogens is 160 g/mol. The van der Waals surface area contributed by atoms with E-state index in [4.69, 9.17) is 14.9 Å². The van der Waals surface area contributed by atoms with E-state index in [0.29, 0.717) is 0 Å². The van der Waals surface area contributed by atoms with E-state index < -0.39 is 5.91 Å². The van der Waals surface area contributed by atoms with Gasteiger partial charge >= 0.3 is 5.95 Å². The molecule has 5 heteroatoms. The maximum absolute atomic E-state index is 10.7. The number of nitrogens with zero attached hydrogens (tertiary/aromatic N) is 1. The van der Waals surface area contributed by atoms with Gasteiger partial charge < -0.3 is 14.9 Å². The minimum atomic E-state index is -0.691. The van der Waals surface area contributed by atoms with Gasteiger partial charge in [-0.2, -0.15) is 0 Å². The zero-order chi connectivity index (χ0) is 9.14. The van der Waals surface area contributed by atoms with Crippen LogP contribution in [-0.4, -0.2) is 18.0 Å². The summed E-state index contributed by atoms with van der Waals surface area (Å²) in [5.41, 5.74) is 4.96. The second-order valence-corrected chi connectivity index (χ2v) is 1.96. The number of amides is 1. The predicted octanol–water partition coefficient (Wildman–Crippen LogP) is 0.425. The Labute approximate surface area is 68.8 Å². The highest BCUT2D eigenvalue weighted by atomic mass is 16.6. The summed E-state index contributed by atoms with van der Waals surface area (Å²) >= 11 is 0. The quantitative estimate of drug-likeness (QED) is 0.709. The number of primary amides is 1. The predicted molar refractivity (Wildman–Crippen MR) is 41.7 cm³/mol. The molecule has 12 heavy (non-hydrogen) atoms. The number of oxazole rings is 1. The van der Waals surface area contributed by atoms with Gasteiger partial charge in [0, 0.05) is 0 Å². The molecule has 0 atom stereocenters. The van der Waals surface area contributed by atoms with Crippen molar-refractivity contribution in [2.75, 3.05) is 7.11 Å². The summed E-state index contributed by atoms with van der Waals surface area (Å²) in [7, 11) is 1.36. The summed E-state index contributed by atoms with van der Waals surface area (Å²) in [6.45, 7) is 3.42. The molecule has 0 bridgehead atoms. The molecular formula is C7H8N2O3. The average Bonchev–Trinajstić information content (AvgIpc) is 2.47. The van der Waals surface area contributed by atoms with Crippen LogP contribution in [0.25, 0.3) is 6.08 Å². The molecule has 64 valence electrons. The van der Waals surface area contributed by atoms with Crippen molar-refractivity contribution in [1.82, 2.24) is 4.98 Å². The van der Waals surface area contributed by atoms with Crippen LogP contribution in [0.3, 0.4) is 0 Å². The summed E-state index contributed by atoms with van der Waals surface area (Å²) in [4.78, 5) is 14.4. The summed E-state index contributed by atoms with van der Waals surface area (Å²) in [5.74, 6) is -0.471. The molecule has 0 unspecified atom stereocenters. The van der Waals surface area contributed by atoms with Gasteiger partial charge in [0.1, 0.15) is 0 Å². The first-order chi connectivity index (χ1) is 5.69. The van der Waals surface area contributed by atoms with Crippen LogP contribution in [-0.2, 0) is 0 Å². The monoisotopic (exact) mass is 168 g/mol. The van der Waals surface area contributed by atoms with Gasteiger partial charge in [-0.1, -0.05) is 6.58 Å². The maximum atomic E-state index is 10.7. The van der Waals surface area contributed by atoms with E-state index in [1.165, 1.54) is 13.2 Å². The van der Waals surface area contributed by atoms with Gasteiger partial charge in [-0.05, 0) is 6.08 Å². The number of nitrogens with two attached hydrogens (primary N) is 1. The molecule has 0 radical (unpaired) electrons. The van der Waals surface area contributed by atoms with Crippen LogP contribution in [0.4, 0.5) is 0 Å². The Bertz CT molecular complexity index is 316. The largest absolute Gasteiger partial charge is 0.467 e. The number of rotatable bonds is 3. The minimum absolute atomic E-state index is 0.0115. The average molecular weight is 168 g/mol. The summed E-state index contributed by atoms with van der Waals surface area (Å²) in [5, 5.41) is 0. The van der Waals surface area contributed by atoms with Crippen molar-refractivity contribution in [1.29, 1.82) is 0 Å². The number of ether oxygens (including phenoxy) is 1. The molecule has 0 spiro atoms. The summed E-state index contributed by atoms with van der Waals surface area (Å²) in [6.07, 6.45) is 1.36. The van der Waals surface area contributed by atoms with Crippen LogP contribution in [0.5, 0.6) is 5.95 Å². The molecule has 1 aromatic heterocycles. The van der Waals surface area contributed by atoms with Crippen LogP contribution in [0.1, 0.15) is 16.4 Å². The second kappa shape index (κ2) is 3.08. The smallest absolute Gasteiger partial charge is 0.318 e. The topological polar surface area (TPSA) is 78.3 Å². The molecule has 1 heterocycles. The fourth-order valence-electron chi connectivity index (χ4n) is 0.703. The lowest BCUT2D eigenvalue weighted by Gasteiger charge is -1.91. The Kier molecular flexibility index (Phi) is 2.14. The van der Waals surface area contributed by atoms with Crippen LogP contribution in [0.2, 0.25) is 0 Å². The third kappa shape index (κ3) is 1.29. The number of methoxy groups -OCH3 is 1. The molecule has 1 rings (SSSR count). The lowest BCUT2D eigenvalue weighted by Crippen LogP contribution is -2.12. The zero-order valence-corrected chi connectivity index (χ0v) is 6.53. The highest BCUT2D eigenvalue weighted by Gasteiger charge is 2.16. The lowest BCUT2D eigenvalue weighted by atomic mass is 10.4. The van der Waals surface area contributed by atoms with E-state index in [-0.39, 0.29) is 17.5 Å². The third-order valence-corrected chi connectivity index (χ3v) is 1.21. The van der Waals surface area contributed by atoms with Crippen molar-refractivity contribution in [3.8, 4) is 5.95 Å². The van der Waals surface area contributed by atoms with Gasteiger partial charge in [0.25, 0.3) is 5.91 Å². The molecule has 0 aliphatic rings. The third-order valence-electron chi connectivity index (χ3n) is 1.21. The van der Waals surface area contributed by atoms with Gasteiger partial charge in [-0.3, -0.25) is 4.79 Å².